The van der Waals surface area contributed by atoms with E-state index in [1.807, 2.05) is 0 Å². The largest absolute Gasteiger partial charge is 0.382 e. The van der Waals surface area contributed by atoms with Crippen molar-refractivity contribution in [1.29, 1.82) is 0 Å². The van der Waals surface area contributed by atoms with Gasteiger partial charge in [0.25, 0.3) is 5.69 Å². The van der Waals surface area contributed by atoms with Crippen molar-refractivity contribution in [3.05, 3.63) is 70.3 Å². The number of nitro benzene ring substituents is 1. The Labute approximate surface area is 122 Å². The van der Waals surface area contributed by atoms with E-state index in [-0.39, 0.29) is 23.6 Å². The molecule has 7 heteroatoms. The number of rotatable bonds is 6. The van der Waals surface area contributed by atoms with Gasteiger partial charge in [0.1, 0.15) is 5.75 Å². The van der Waals surface area contributed by atoms with Gasteiger partial charge in [0, 0.05) is 12.1 Å². The molecular weight excluding hydrogens is 294 g/mol. The highest BCUT2D eigenvalue weighted by Crippen LogP contribution is 2.15. The third kappa shape index (κ3) is 4.57. The molecule has 2 aromatic carbocycles. The minimum Gasteiger partial charge on any atom is -0.382 e. The highest BCUT2D eigenvalue weighted by molar-refractivity contribution is 7.87. The summed E-state index contributed by atoms with van der Waals surface area (Å²) in [6.45, 7) is 0. The van der Waals surface area contributed by atoms with Crippen LogP contribution in [0.3, 0.4) is 0 Å². The van der Waals surface area contributed by atoms with Crippen LogP contribution in [0.1, 0.15) is 5.56 Å². The molecule has 0 atom stereocenters. The zero-order valence-corrected chi connectivity index (χ0v) is 11.8. The smallest absolute Gasteiger partial charge is 0.309 e. The highest BCUT2D eigenvalue weighted by Gasteiger charge is 2.13. The predicted octanol–water partition coefficient (Wildman–Crippen LogP) is 2.55. The van der Waals surface area contributed by atoms with Crippen LogP contribution in [-0.4, -0.2) is 19.1 Å². The molecule has 0 N–H and O–H groups in total. The van der Waals surface area contributed by atoms with E-state index in [4.69, 9.17) is 4.18 Å². The number of para-hydroxylation sites is 1. The lowest BCUT2D eigenvalue weighted by atomic mass is 10.1. The van der Waals surface area contributed by atoms with Crippen LogP contribution in [0.15, 0.2) is 54.6 Å². The molecule has 0 amide bonds. The van der Waals surface area contributed by atoms with Gasteiger partial charge in [-0.15, -0.1) is 0 Å². The molecule has 0 aliphatic heterocycles. The Morgan fingerprint density at radius 1 is 1.00 bits per heavy atom. The molecule has 0 spiro atoms. The van der Waals surface area contributed by atoms with Gasteiger partial charge in [-0.05, 0) is 24.1 Å². The molecular formula is C14H13NO5S. The molecule has 2 aromatic rings. The average Bonchev–Trinajstić information content (AvgIpc) is 2.46. The second-order valence-electron chi connectivity index (χ2n) is 4.33. The van der Waals surface area contributed by atoms with Gasteiger partial charge in [0.15, 0.2) is 0 Å². The lowest BCUT2D eigenvalue weighted by Crippen LogP contribution is -2.15. The summed E-state index contributed by atoms with van der Waals surface area (Å²) in [7, 11) is -3.69. The van der Waals surface area contributed by atoms with E-state index < -0.39 is 15.0 Å². The van der Waals surface area contributed by atoms with Gasteiger partial charge in [-0.2, -0.15) is 8.42 Å². The predicted molar refractivity (Wildman–Crippen MR) is 77.7 cm³/mol. The van der Waals surface area contributed by atoms with E-state index in [0.717, 1.165) is 0 Å². The van der Waals surface area contributed by atoms with Crippen LogP contribution in [0, 0.1) is 10.1 Å². The fourth-order valence-corrected chi connectivity index (χ4v) is 2.66. The Balaban J connectivity index is 1.97. The van der Waals surface area contributed by atoms with Crippen LogP contribution in [0.5, 0.6) is 5.75 Å². The normalized spacial score (nSPS) is 11.0. The van der Waals surface area contributed by atoms with Gasteiger partial charge >= 0.3 is 10.1 Å². The van der Waals surface area contributed by atoms with E-state index in [9.17, 15) is 18.5 Å². The van der Waals surface area contributed by atoms with Crippen molar-refractivity contribution in [2.24, 2.45) is 0 Å². The Morgan fingerprint density at radius 3 is 2.19 bits per heavy atom. The van der Waals surface area contributed by atoms with Gasteiger partial charge in [-0.25, -0.2) is 0 Å². The summed E-state index contributed by atoms with van der Waals surface area (Å²) in [5.41, 5.74) is 0.669. The molecule has 0 heterocycles. The molecule has 0 bridgehead atoms. The molecule has 0 unspecified atom stereocenters. The maximum absolute atomic E-state index is 11.8. The quantitative estimate of drug-likeness (QED) is 0.465. The van der Waals surface area contributed by atoms with Crippen LogP contribution >= 0.6 is 0 Å². The summed E-state index contributed by atoms with van der Waals surface area (Å²) < 4.78 is 28.6. The zero-order chi connectivity index (χ0) is 15.3. The second-order valence-corrected chi connectivity index (χ2v) is 6.02. The van der Waals surface area contributed by atoms with Crippen molar-refractivity contribution in [1.82, 2.24) is 0 Å². The van der Waals surface area contributed by atoms with E-state index in [0.29, 0.717) is 5.56 Å². The molecule has 2 rings (SSSR count). The summed E-state index contributed by atoms with van der Waals surface area (Å²) in [6, 6.07) is 14.0. The first kappa shape index (κ1) is 15.0. The minimum atomic E-state index is -3.69. The Bertz CT molecular complexity index is 711. The molecule has 0 fully saturated rings. The number of nitrogens with zero attached hydrogens (tertiary/aromatic N) is 1. The molecule has 0 aliphatic rings. The third-order valence-corrected chi connectivity index (χ3v) is 3.90. The SMILES string of the molecule is O=[N+]([O-])c1ccc(CCS(=O)(=O)Oc2ccccc2)cc1. The monoisotopic (exact) mass is 307 g/mol. The summed E-state index contributed by atoms with van der Waals surface area (Å²) in [6.07, 6.45) is 0.229. The molecule has 6 nitrogen and oxygen atoms in total. The molecule has 0 radical (unpaired) electrons. The first-order chi connectivity index (χ1) is 9.96. The van der Waals surface area contributed by atoms with Gasteiger partial charge in [-0.1, -0.05) is 30.3 Å². The molecule has 110 valence electrons. The molecule has 0 saturated heterocycles. The number of nitro groups is 1. The second kappa shape index (κ2) is 6.36. The van der Waals surface area contributed by atoms with Crippen molar-refractivity contribution in [3.8, 4) is 5.75 Å². The fraction of sp³-hybridized carbons (Fsp3) is 0.143. The average molecular weight is 307 g/mol. The van der Waals surface area contributed by atoms with Crippen LogP contribution < -0.4 is 4.18 Å². The Kier molecular flexibility index (Phi) is 4.54. The highest BCUT2D eigenvalue weighted by atomic mass is 32.2. The Morgan fingerprint density at radius 2 is 1.62 bits per heavy atom. The van der Waals surface area contributed by atoms with Crippen molar-refractivity contribution in [2.45, 2.75) is 6.42 Å². The maximum atomic E-state index is 11.8. The molecule has 0 aliphatic carbocycles. The van der Waals surface area contributed by atoms with Gasteiger partial charge in [-0.3, -0.25) is 10.1 Å². The minimum absolute atomic E-state index is 0.0258. The summed E-state index contributed by atoms with van der Waals surface area (Å²) >= 11 is 0. The van der Waals surface area contributed by atoms with Crippen molar-refractivity contribution in [3.63, 3.8) is 0 Å². The Hall–Kier alpha value is -2.41. The van der Waals surface area contributed by atoms with E-state index >= 15 is 0 Å². The van der Waals surface area contributed by atoms with E-state index in [1.165, 1.54) is 24.3 Å². The lowest BCUT2D eigenvalue weighted by molar-refractivity contribution is -0.384. The van der Waals surface area contributed by atoms with Crippen molar-refractivity contribution < 1.29 is 17.5 Å². The first-order valence-corrected chi connectivity index (χ1v) is 7.74. The third-order valence-electron chi connectivity index (χ3n) is 2.75. The van der Waals surface area contributed by atoms with Crippen LogP contribution in [0.25, 0.3) is 0 Å². The van der Waals surface area contributed by atoms with Crippen LogP contribution in [0.4, 0.5) is 5.69 Å². The van der Waals surface area contributed by atoms with E-state index in [2.05, 4.69) is 0 Å². The summed E-state index contributed by atoms with van der Waals surface area (Å²) in [4.78, 5) is 10.0. The lowest BCUT2D eigenvalue weighted by Gasteiger charge is -2.06. The first-order valence-electron chi connectivity index (χ1n) is 6.17. The van der Waals surface area contributed by atoms with Gasteiger partial charge in [0.2, 0.25) is 0 Å². The zero-order valence-electron chi connectivity index (χ0n) is 11.0. The molecule has 0 saturated carbocycles. The van der Waals surface area contributed by atoms with Crippen LogP contribution in [0.2, 0.25) is 0 Å². The number of hydrogen-bond donors (Lipinski definition) is 0. The topological polar surface area (TPSA) is 86.5 Å². The molecule has 0 aromatic heterocycles. The fourth-order valence-electron chi connectivity index (χ4n) is 1.69. The number of non-ortho nitro benzene ring substituents is 1. The number of benzene rings is 2. The standard InChI is InChI=1S/C14H13NO5S/c16-15(17)13-8-6-12(7-9-13)10-11-21(18,19)20-14-4-2-1-3-5-14/h1-9H,10-11H2. The maximum Gasteiger partial charge on any atom is 0.309 e. The van der Waals surface area contributed by atoms with E-state index in [1.54, 1.807) is 30.3 Å². The molecule has 21 heavy (non-hydrogen) atoms. The number of hydrogen-bond acceptors (Lipinski definition) is 5. The van der Waals surface area contributed by atoms with Gasteiger partial charge < -0.3 is 4.18 Å². The number of aryl methyl sites for hydroxylation is 1. The van der Waals surface area contributed by atoms with Crippen molar-refractivity contribution in [2.75, 3.05) is 5.75 Å². The summed E-state index contributed by atoms with van der Waals surface area (Å²) in [5.74, 6) is 0.0703. The van der Waals surface area contributed by atoms with Crippen LogP contribution in [-0.2, 0) is 16.5 Å². The van der Waals surface area contributed by atoms with Crippen molar-refractivity contribution >= 4 is 15.8 Å². The van der Waals surface area contributed by atoms with Gasteiger partial charge in [0.05, 0.1) is 10.7 Å². The summed E-state index contributed by atoms with van der Waals surface area (Å²) in [5, 5.41) is 10.5.